The molecular weight excluding hydrogens is 352 g/mol. The molecule has 1 unspecified atom stereocenters. The third-order valence-electron chi connectivity index (χ3n) is 4.35. The van der Waals surface area contributed by atoms with E-state index in [9.17, 15) is 5.11 Å². The standard InChI is InChI=1S/C20H30N2OS.ClH/c1-12(21-8)18-22-16(11-24-18)13-9-14(19(2,3)4)17(23)15(10-13)20(5,6)7;/h9-12,21,23H,1-8H3;1H. The van der Waals surface area contributed by atoms with Gasteiger partial charge in [0.25, 0.3) is 0 Å². The first-order valence-corrected chi connectivity index (χ1v) is 9.34. The Hall–Kier alpha value is -1.10. The zero-order chi connectivity index (χ0) is 18.3. The average Bonchev–Trinajstić information content (AvgIpc) is 2.94. The van der Waals surface area contributed by atoms with Crippen LogP contribution in [0.3, 0.4) is 0 Å². The molecule has 1 aromatic heterocycles. The Morgan fingerprint density at radius 2 is 1.52 bits per heavy atom. The largest absolute Gasteiger partial charge is 0.507 e. The lowest BCUT2D eigenvalue weighted by Gasteiger charge is -2.28. The van der Waals surface area contributed by atoms with E-state index in [-0.39, 0.29) is 29.3 Å². The highest BCUT2D eigenvalue weighted by Crippen LogP contribution is 2.42. The number of phenolic OH excluding ortho intramolecular Hbond substituents is 1. The Morgan fingerprint density at radius 3 is 1.92 bits per heavy atom. The van der Waals surface area contributed by atoms with E-state index in [0.717, 1.165) is 27.4 Å². The van der Waals surface area contributed by atoms with Crippen molar-refractivity contribution in [1.82, 2.24) is 10.3 Å². The summed E-state index contributed by atoms with van der Waals surface area (Å²) in [6, 6.07) is 4.42. The number of rotatable bonds is 3. The maximum absolute atomic E-state index is 10.8. The molecule has 2 rings (SSSR count). The summed E-state index contributed by atoms with van der Waals surface area (Å²) in [5.74, 6) is 0.415. The number of halogens is 1. The molecule has 0 aliphatic heterocycles. The molecular formula is C20H31ClN2OS. The number of hydrogen-bond donors (Lipinski definition) is 2. The first kappa shape index (κ1) is 21.9. The number of aromatic nitrogens is 1. The van der Waals surface area contributed by atoms with Crippen LogP contribution in [0.1, 0.15) is 70.6 Å². The summed E-state index contributed by atoms with van der Waals surface area (Å²) in [7, 11) is 1.95. The Balaban J connectivity index is 0.00000312. The average molecular weight is 383 g/mol. The SMILES string of the molecule is CNC(C)c1nc(-c2cc(C(C)(C)C)c(O)c(C(C)(C)C)c2)cs1.Cl. The lowest BCUT2D eigenvalue weighted by atomic mass is 9.78. The van der Waals surface area contributed by atoms with Crippen molar-refractivity contribution in [2.24, 2.45) is 0 Å². The molecule has 2 N–H and O–H groups in total. The zero-order valence-corrected chi connectivity index (χ0v) is 18.2. The van der Waals surface area contributed by atoms with Gasteiger partial charge < -0.3 is 10.4 Å². The second-order valence-corrected chi connectivity index (χ2v) is 9.39. The second kappa shape index (κ2) is 7.65. The van der Waals surface area contributed by atoms with Crippen molar-refractivity contribution in [3.8, 4) is 17.0 Å². The second-order valence-electron chi connectivity index (χ2n) is 8.50. The fraction of sp³-hybridized carbons (Fsp3) is 0.550. The molecule has 25 heavy (non-hydrogen) atoms. The van der Waals surface area contributed by atoms with Crippen molar-refractivity contribution < 1.29 is 5.11 Å². The summed E-state index contributed by atoms with van der Waals surface area (Å²) >= 11 is 1.67. The number of phenols is 1. The van der Waals surface area contributed by atoms with Gasteiger partial charge in [-0.25, -0.2) is 4.98 Å². The molecule has 0 saturated heterocycles. The molecule has 5 heteroatoms. The summed E-state index contributed by atoms with van der Waals surface area (Å²) in [6.07, 6.45) is 0. The van der Waals surface area contributed by atoms with Gasteiger partial charge in [0, 0.05) is 22.1 Å². The Kier molecular flexibility index (Phi) is 6.71. The quantitative estimate of drug-likeness (QED) is 0.703. The highest BCUT2D eigenvalue weighted by atomic mass is 35.5. The van der Waals surface area contributed by atoms with Crippen LogP contribution in [-0.4, -0.2) is 17.1 Å². The number of hydrogen-bond acceptors (Lipinski definition) is 4. The van der Waals surface area contributed by atoms with Crippen molar-refractivity contribution in [1.29, 1.82) is 0 Å². The molecule has 0 fully saturated rings. The summed E-state index contributed by atoms with van der Waals surface area (Å²) < 4.78 is 0. The summed E-state index contributed by atoms with van der Waals surface area (Å²) in [4.78, 5) is 4.80. The number of thiazole rings is 1. The minimum absolute atomic E-state index is 0. The molecule has 0 spiro atoms. The van der Waals surface area contributed by atoms with Crippen LogP contribution in [0.4, 0.5) is 0 Å². The van der Waals surface area contributed by atoms with E-state index in [1.54, 1.807) is 11.3 Å². The lowest BCUT2D eigenvalue weighted by Crippen LogP contribution is -2.17. The molecule has 0 aliphatic carbocycles. The van der Waals surface area contributed by atoms with Gasteiger partial charge in [-0.3, -0.25) is 0 Å². The molecule has 0 radical (unpaired) electrons. The van der Waals surface area contributed by atoms with E-state index in [1.165, 1.54) is 0 Å². The fourth-order valence-corrected chi connectivity index (χ4v) is 3.56. The fourth-order valence-electron chi connectivity index (χ4n) is 2.67. The third kappa shape index (κ3) is 4.75. The minimum Gasteiger partial charge on any atom is -0.507 e. The number of nitrogens with one attached hydrogen (secondary N) is 1. The monoisotopic (exact) mass is 382 g/mol. The van der Waals surface area contributed by atoms with E-state index >= 15 is 0 Å². The smallest absolute Gasteiger partial charge is 0.123 e. The van der Waals surface area contributed by atoms with Crippen LogP contribution in [0.5, 0.6) is 5.75 Å². The Morgan fingerprint density at radius 1 is 1.04 bits per heavy atom. The molecule has 140 valence electrons. The van der Waals surface area contributed by atoms with E-state index in [4.69, 9.17) is 4.98 Å². The molecule has 1 atom stereocenters. The van der Waals surface area contributed by atoms with Crippen LogP contribution < -0.4 is 5.32 Å². The maximum atomic E-state index is 10.8. The van der Waals surface area contributed by atoms with Crippen molar-refractivity contribution in [3.05, 3.63) is 33.6 Å². The van der Waals surface area contributed by atoms with Crippen LogP contribution in [0.2, 0.25) is 0 Å². The number of nitrogens with zero attached hydrogens (tertiary/aromatic N) is 1. The van der Waals surface area contributed by atoms with Crippen LogP contribution >= 0.6 is 23.7 Å². The van der Waals surface area contributed by atoms with Gasteiger partial charge in [0.2, 0.25) is 0 Å². The minimum atomic E-state index is -0.128. The zero-order valence-electron chi connectivity index (χ0n) is 16.5. The van der Waals surface area contributed by atoms with E-state index < -0.39 is 0 Å². The van der Waals surface area contributed by atoms with Gasteiger partial charge in [0.05, 0.1) is 11.7 Å². The summed E-state index contributed by atoms with van der Waals surface area (Å²) in [5.41, 5.74) is 3.75. The summed E-state index contributed by atoms with van der Waals surface area (Å²) in [5, 5.41) is 17.3. The van der Waals surface area contributed by atoms with Crippen molar-refractivity contribution in [3.63, 3.8) is 0 Å². The van der Waals surface area contributed by atoms with Gasteiger partial charge in [-0.05, 0) is 36.9 Å². The maximum Gasteiger partial charge on any atom is 0.123 e. The van der Waals surface area contributed by atoms with Gasteiger partial charge in [-0.15, -0.1) is 23.7 Å². The van der Waals surface area contributed by atoms with Gasteiger partial charge in [-0.2, -0.15) is 0 Å². The normalized spacial score (nSPS) is 13.4. The van der Waals surface area contributed by atoms with Crippen molar-refractivity contribution in [2.75, 3.05) is 7.05 Å². The van der Waals surface area contributed by atoms with E-state index in [0.29, 0.717) is 5.75 Å². The molecule has 1 heterocycles. The summed E-state index contributed by atoms with van der Waals surface area (Å²) in [6.45, 7) is 14.9. The predicted octanol–water partition coefficient (Wildman–Crippen LogP) is 5.81. The predicted molar refractivity (Wildman–Crippen MR) is 111 cm³/mol. The van der Waals surface area contributed by atoms with Crippen molar-refractivity contribution >= 4 is 23.7 Å². The molecule has 0 amide bonds. The highest BCUT2D eigenvalue weighted by Gasteiger charge is 2.27. The van der Waals surface area contributed by atoms with Gasteiger partial charge in [-0.1, -0.05) is 41.5 Å². The van der Waals surface area contributed by atoms with Crippen molar-refractivity contribution in [2.45, 2.75) is 65.3 Å². The number of aromatic hydroxyl groups is 1. The highest BCUT2D eigenvalue weighted by molar-refractivity contribution is 7.10. The van der Waals surface area contributed by atoms with Crippen LogP contribution in [0, 0.1) is 0 Å². The number of benzene rings is 1. The molecule has 3 nitrogen and oxygen atoms in total. The first-order chi connectivity index (χ1) is 10.9. The Labute approximate surface area is 162 Å². The molecule has 1 aromatic carbocycles. The molecule has 0 bridgehead atoms. The van der Waals surface area contributed by atoms with Crippen LogP contribution in [0.25, 0.3) is 11.3 Å². The van der Waals surface area contributed by atoms with Gasteiger partial charge in [0.1, 0.15) is 10.8 Å². The Bertz CT molecular complexity index is 691. The topological polar surface area (TPSA) is 45.2 Å². The van der Waals surface area contributed by atoms with Crippen LogP contribution in [-0.2, 0) is 10.8 Å². The molecule has 2 aromatic rings. The first-order valence-electron chi connectivity index (χ1n) is 8.46. The van der Waals surface area contributed by atoms with Crippen LogP contribution in [0.15, 0.2) is 17.5 Å². The molecule has 0 saturated carbocycles. The van der Waals surface area contributed by atoms with Gasteiger partial charge in [0.15, 0.2) is 0 Å². The molecule has 0 aliphatic rings. The van der Waals surface area contributed by atoms with E-state index in [2.05, 4.69) is 71.3 Å². The van der Waals surface area contributed by atoms with E-state index in [1.807, 2.05) is 7.05 Å². The third-order valence-corrected chi connectivity index (χ3v) is 5.37. The lowest BCUT2D eigenvalue weighted by molar-refractivity contribution is 0.423. The van der Waals surface area contributed by atoms with Gasteiger partial charge >= 0.3 is 0 Å².